The molecule has 4 aliphatic rings. The monoisotopic (exact) mass is 868 g/mol. The van der Waals surface area contributed by atoms with Gasteiger partial charge in [-0.2, -0.15) is 0 Å². The van der Waals surface area contributed by atoms with Gasteiger partial charge in [0.1, 0.15) is 0 Å². The predicted molar refractivity (Wildman–Crippen MR) is 282 cm³/mol. The Morgan fingerprint density at radius 1 is 0.318 bits per heavy atom. The van der Waals surface area contributed by atoms with Gasteiger partial charge in [0.25, 0.3) is 0 Å². The van der Waals surface area contributed by atoms with Crippen molar-refractivity contribution in [3.8, 4) is 44.8 Å². The van der Waals surface area contributed by atoms with Crippen LogP contribution in [0.5, 0.6) is 0 Å². The Hall–Kier alpha value is -7.37. The van der Waals surface area contributed by atoms with E-state index >= 15 is 0 Å². The Morgan fingerprint density at radius 2 is 0.727 bits per heavy atom. The second-order valence-corrected chi connectivity index (χ2v) is 20.4. The standard InChI is InChI=1S/C60H34B2N2S2/c1-4-16-35(17-5-1)38-30-40-55-48(63-46-24-14-28-52-57(46)61(44(32-38)59(40)63)42-22-10-12-26-50(42)65-52)34-49-56(54(55)37-20-8-3-9-21-37)41-31-39(36-18-6-2-7-19-36)33-45-60(41)64(49)47-25-15-29-53-58(47)62(45)43-23-11-13-27-51(43)66-53/h1-34H. The van der Waals surface area contributed by atoms with E-state index in [4.69, 9.17) is 0 Å². The van der Waals surface area contributed by atoms with Crippen molar-refractivity contribution in [2.45, 2.75) is 19.6 Å². The number of hydrogen-bond donors (Lipinski definition) is 0. The van der Waals surface area contributed by atoms with Crippen LogP contribution in [0.3, 0.4) is 0 Å². The van der Waals surface area contributed by atoms with Crippen molar-refractivity contribution in [2.75, 3.05) is 0 Å². The van der Waals surface area contributed by atoms with E-state index < -0.39 is 0 Å². The predicted octanol–water partition coefficient (Wildman–Crippen LogP) is 11.5. The van der Waals surface area contributed by atoms with Crippen LogP contribution in [0.1, 0.15) is 0 Å². The minimum absolute atomic E-state index is 0.107. The Kier molecular flexibility index (Phi) is 7.15. The molecule has 66 heavy (non-hydrogen) atoms. The van der Waals surface area contributed by atoms with Crippen LogP contribution in [0.15, 0.2) is 226 Å². The summed E-state index contributed by atoms with van der Waals surface area (Å²) in [6.45, 7) is 0.214. The zero-order valence-corrected chi connectivity index (χ0v) is 37.1. The molecule has 0 radical (unpaired) electrons. The average molecular weight is 869 g/mol. The van der Waals surface area contributed by atoms with Crippen molar-refractivity contribution >= 4 is 113 Å². The van der Waals surface area contributed by atoms with Gasteiger partial charge in [0.15, 0.2) is 0 Å². The Balaban J connectivity index is 1.15. The fourth-order valence-electron chi connectivity index (χ4n) is 12.4. The Morgan fingerprint density at radius 3 is 1.20 bits per heavy atom. The first-order valence-electron chi connectivity index (χ1n) is 22.9. The van der Waals surface area contributed by atoms with Crippen molar-refractivity contribution < 1.29 is 0 Å². The lowest BCUT2D eigenvalue weighted by Crippen LogP contribution is -2.58. The van der Waals surface area contributed by atoms with Gasteiger partial charge in [0.2, 0.25) is 13.4 Å². The lowest BCUT2D eigenvalue weighted by Gasteiger charge is -2.33. The lowest BCUT2D eigenvalue weighted by atomic mass is 9.35. The first-order valence-corrected chi connectivity index (χ1v) is 24.5. The molecule has 0 saturated heterocycles. The van der Waals surface area contributed by atoms with Gasteiger partial charge in [-0.1, -0.05) is 186 Å². The molecule has 0 fully saturated rings. The molecule has 2 nitrogen and oxygen atoms in total. The number of nitrogens with zero attached hydrogens (tertiary/aromatic N) is 2. The molecule has 0 saturated carbocycles. The maximum atomic E-state index is 2.66. The number of rotatable bonds is 3. The molecule has 0 unspecified atom stereocenters. The summed E-state index contributed by atoms with van der Waals surface area (Å²) >= 11 is 3.84. The third kappa shape index (κ3) is 4.63. The van der Waals surface area contributed by atoms with Crippen LogP contribution < -0.4 is 32.8 Å². The molecule has 2 aromatic heterocycles. The molecule has 0 atom stereocenters. The largest absolute Gasteiger partial charge is 0.310 e. The quantitative estimate of drug-likeness (QED) is 0.164. The third-order valence-electron chi connectivity index (χ3n) is 15.0. The maximum absolute atomic E-state index is 2.66. The fourth-order valence-corrected chi connectivity index (χ4v) is 14.8. The highest BCUT2D eigenvalue weighted by Gasteiger charge is 2.43. The number of hydrogen-bond acceptors (Lipinski definition) is 2. The van der Waals surface area contributed by atoms with Crippen molar-refractivity contribution in [3.63, 3.8) is 0 Å². The second-order valence-electron chi connectivity index (χ2n) is 18.3. The van der Waals surface area contributed by atoms with Crippen molar-refractivity contribution in [1.82, 2.24) is 9.13 Å². The summed E-state index contributed by atoms with van der Waals surface area (Å²) in [6, 6.07) is 78.2. The van der Waals surface area contributed by atoms with Crippen LogP contribution in [0.4, 0.5) is 0 Å². The molecule has 4 aliphatic heterocycles. The van der Waals surface area contributed by atoms with Crippen molar-refractivity contribution in [1.29, 1.82) is 0 Å². The van der Waals surface area contributed by atoms with Gasteiger partial charge in [0, 0.05) is 69.1 Å². The highest BCUT2D eigenvalue weighted by atomic mass is 32.2. The zero-order chi connectivity index (χ0) is 42.8. The van der Waals surface area contributed by atoms with E-state index in [9.17, 15) is 0 Å². The van der Waals surface area contributed by atoms with E-state index in [1.54, 1.807) is 0 Å². The normalized spacial score (nSPS) is 13.6. The van der Waals surface area contributed by atoms with E-state index in [-0.39, 0.29) is 13.4 Å². The molecule has 0 bridgehead atoms. The summed E-state index contributed by atoms with van der Waals surface area (Å²) < 4.78 is 5.31. The first kappa shape index (κ1) is 35.9. The van der Waals surface area contributed by atoms with Gasteiger partial charge in [-0.05, 0) is 104 Å². The van der Waals surface area contributed by atoms with Crippen LogP contribution in [0.2, 0.25) is 0 Å². The molecular formula is C60H34B2N2S2. The minimum Gasteiger partial charge on any atom is -0.310 e. The molecule has 6 heterocycles. The Labute approximate surface area is 390 Å². The van der Waals surface area contributed by atoms with Crippen molar-refractivity contribution in [3.05, 3.63) is 206 Å². The third-order valence-corrected chi connectivity index (χ3v) is 17.3. The van der Waals surface area contributed by atoms with Gasteiger partial charge in [-0.3, -0.25) is 0 Å². The zero-order valence-electron chi connectivity index (χ0n) is 35.5. The van der Waals surface area contributed by atoms with Crippen LogP contribution in [0.25, 0.3) is 88.4 Å². The molecule has 0 aliphatic carbocycles. The summed E-state index contributed by atoms with van der Waals surface area (Å²) in [5.74, 6) is 0. The number of aromatic nitrogens is 2. The lowest BCUT2D eigenvalue weighted by molar-refractivity contribution is 1.16. The summed E-state index contributed by atoms with van der Waals surface area (Å²) in [5, 5.41) is 5.21. The topological polar surface area (TPSA) is 9.86 Å². The van der Waals surface area contributed by atoms with Crippen LogP contribution in [-0.2, 0) is 0 Å². The average Bonchev–Trinajstić information content (AvgIpc) is 3.89. The second kappa shape index (κ2) is 13.1. The van der Waals surface area contributed by atoms with Crippen LogP contribution >= 0.6 is 23.5 Å². The molecule has 12 aromatic rings. The van der Waals surface area contributed by atoms with E-state index in [2.05, 4.69) is 215 Å². The number of fused-ring (bicyclic) bond motifs is 14. The van der Waals surface area contributed by atoms with Crippen LogP contribution in [-0.4, -0.2) is 22.6 Å². The van der Waals surface area contributed by atoms with E-state index in [1.165, 1.54) is 141 Å². The smallest absolute Gasteiger partial charge is 0.249 e. The Bertz CT molecular complexity index is 3870. The number of benzene rings is 10. The SMILES string of the molecule is c1ccc(-c2cc3c4c(c2)c2c(-c5ccccc5)c5c6cc(-c7ccccc7)cc7c6n(c5cc2n4-c2cccc4c2B3c2ccccc2S4)-c2cccc3c2B7c2ccccc2S3)cc1. The maximum Gasteiger partial charge on any atom is 0.249 e. The molecule has 10 aromatic carbocycles. The highest BCUT2D eigenvalue weighted by molar-refractivity contribution is 8.00. The van der Waals surface area contributed by atoms with E-state index in [0.717, 1.165) is 0 Å². The summed E-state index contributed by atoms with van der Waals surface area (Å²) in [5.41, 5.74) is 23.5. The molecule has 302 valence electrons. The van der Waals surface area contributed by atoms with Gasteiger partial charge in [0.05, 0.1) is 11.0 Å². The highest BCUT2D eigenvalue weighted by Crippen LogP contribution is 2.50. The van der Waals surface area contributed by atoms with Crippen molar-refractivity contribution in [2.24, 2.45) is 0 Å². The van der Waals surface area contributed by atoms with E-state index in [1.807, 2.05) is 23.5 Å². The fraction of sp³-hybridized carbons (Fsp3) is 0. The van der Waals surface area contributed by atoms with Gasteiger partial charge in [-0.15, -0.1) is 0 Å². The summed E-state index contributed by atoms with van der Waals surface area (Å²) in [7, 11) is 0. The molecule has 0 spiro atoms. The molecule has 6 heteroatoms. The van der Waals surface area contributed by atoms with Gasteiger partial charge in [-0.25, -0.2) is 0 Å². The van der Waals surface area contributed by atoms with Crippen LogP contribution in [0, 0.1) is 0 Å². The van der Waals surface area contributed by atoms with Gasteiger partial charge < -0.3 is 9.13 Å². The van der Waals surface area contributed by atoms with Gasteiger partial charge >= 0.3 is 0 Å². The molecule has 0 amide bonds. The van der Waals surface area contributed by atoms with E-state index in [0.29, 0.717) is 0 Å². The molecule has 0 N–H and O–H groups in total. The summed E-state index contributed by atoms with van der Waals surface area (Å²) in [6.07, 6.45) is 0. The molecular weight excluding hydrogens is 834 g/mol. The minimum atomic E-state index is 0.107. The molecule has 16 rings (SSSR count). The first-order chi connectivity index (χ1) is 32.8. The summed E-state index contributed by atoms with van der Waals surface area (Å²) in [4.78, 5) is 5.37.